The van der Waals surface area contributed by atoms with E-state index in [9.17, 15) is 9.59 Å². The minimum absolute atomic E-state index is 0.0812. The molecule has 156 valence electrons. The molecule has 0 unspecified atom stereocenters. The maximum absolute atomic E-state index is 13.1. The van der Waals surface area contributed by atoms with Gasteiger partial charge in [-0.15, -0.1) is 0 Å². The van der Waals surface area contributed by atoms with Gasteiger partial charge in [0, 0.05) is 26.1 Å². The summed E-state index contributed by atoms with van der Waals surface area (Å²) in [5.41, 5.74) is 1.99. The van der Waals surface area contributed by atoms with Gasteiger partial charge in [0.1, 0.15) is 5.15 Å². The van der Waals surface area contributed by atoms with Crippen molar-refractivity contribution in [2.75, 3.05) is 5.32 Å². The molecule has 4 nitrogen and oxygen atoms in total. The molecule has 8 heteroatoms. The summed E-state index contributed by atoms with van der Waals surface area (Å²) in [6.45, 7) is 0.278. The molecular weight excluding hydrogens is 478 g/mol. The fourth-order valence-corrected chi connectivity index (χ4v) is 4.29. The number of amides is 1. The van der Waals surface area contributed by atoms with E-state index in [1.807, 2.05) is 6.07 Å². The van der Waals surface area contributed by atoms with Crippen LogP contribution < -0.4 is 5.32 Å². The first-order valence-electron chi connectivity index (χ1n) is 9.17. The summed E-state index contributed by atoms with van der Waals surface area (Å²) in [5, 5.41) is 4.60. The number of carbonyl (C=O) groups excluding carboxylic acids is 2. The molecule has 0 radical (unpaired) electrons. The lowest BCUT2D eigenvalue weighted by atomic mass is 10.1. The number of hydrogen-bond acceptors (Lipinski definition) is 2. The van der Waals surface area contributed by atoms with Crippen LogP contribution in [0.15, 0.2) is 66.7 Å². The van der Waals surface area contributed by atoms with Crippen LogP contribution in [0.25, 0.3) is 10.9 Å². The smallest absolute Gasteiger partial charge is 0.296 e. The Morgan fingerprint density at radius 3 is 2.23 bits per heavy atom. The lowest BCUT2D eigenvalue weighted by Crippen LogP contribution is -2.23. The molecular formula is C23H14Cl4N2O2. The summed E-state index contributed by atoms with van der Waals surface area (Å²) in [7, 11) is 0. The Kier molecular flexibility index (Phi) is 6.26. The summed E-state index contributed by atoms with van der Waals surface area (Å²) in [6, 6.07) is 18.9. The number of carbonyl (C=O) groups is 2. The predicted molar refractivity (Wildman–Crippen MR) is 127 cm³/mol. The van der Waals surface area contributed by atoms with E-state index < -0.39 is 11.7 Å². The van der Waals surface area contributed by atoms with Gasteiger partial charge in [-0.05, 0) is 48.0 Å². The van der Waals surface area contributed by atoms with Crippen LogP contribution in [-0.4, -0.2) is 16.3 Å². The molecule has 31 heavy (non-hydrogen) atoms. The highest BCUT2D eigenvalue weighted by Gasteiger charge is 2.27. The van der Waals surface area contributed by atoms with Gasteiger partial charge in [0.25, 0.3) is 11.7 Å². The first-order chi connectivity index (χ1) is 14.8. The Morgan fingerprint density at radius 2 is 1.52 bits per heavy atom. The van der Waals surface area contributed by atoms with E-state index in [1.54, 1.807) is 65.2 Å². The van der Waals surface area contributed by atoms with Gasteiger partial charge in [-0.3, -0.25) is 9.59 Å². The zero-order valence-electron chi connectivity index (χ0n) is 15.8. The van der Waals surface area contributed by atoms with Gasteiger partial charge in [0.2, 0.25) is 0 Å². The molecule has 3 aromatic carbocycles. The number of nitrogens with one attached hydrogen (secondary N) is 1. The van der Waals surface area contributed by atoms with Crippen LogP contribution in [0.3, 0.4) is 0 Å². The average molecular weight is 492 g/mol. The van der Waals surface area contributed by atoms with Crippen LogP contribution in [0.1, 0.15) is 15.9 Å². The normalized spacial score (nSPS) is 11.0. The van der Waals surface area contributed by atoms with E-state index >= 15 is 0 Å². The van der Waals surface area contributed by atoms with E-state index in [1.165, 1.54) is 0 Å². The Bertz CT molecular complexity index is 1320. The molecule has 4 rings (SSSR count). The van der Waals surface area contributed by atoms with Crippen molar-refractivity contribution in [3.63, 3.8) is 0 Å². The number of halogens is 4. The number of nitrogens with zero attached hydrogens (tertiary/aromatic N) is 1. The minimum atomic E-state index is -0.795. The summed E-state index contributed by atoms with van der Waals surface area (Å²) in [4.78, 5) is 25.7. The van der Waals surface area contributed by atoms with Crippen molar-refractivity contribution in [1.82, 2.24) is 4.57 Å². The lowest BCUT2D eigenvalue weighted by molar-refractivity contribution is -0.112. The van der Waals surface area contributed by atoms with Crippen molar-refractivity contribution in [3.8, 4) is 0 Å². The van der Waals surface area contributed by atoms with Gasteiger partial charge < -0.3 is 9.88 Å². The molecule has 1 N–H and O–H groups in total. The molecule has 0 aliphatic heterocycles. The average Bonchev–Trinajstić information content (AvgIpc) is 3.00. The van der Waals surface area contributed by atoms with Gasteiger partial charge in [-0.25, -0.2) is 0 Å². The number of benzene rings is 3. The van der Waals surface area contributed by atoms with Gasteiger partial charge in [0.15, 0.2) is 0 Å². The molecule has 4 aromatic rings. The number of ketones is 1. The summed E-state index contributed by atoms with van der Waals surface area (Å²) in [5.74, 6) is -1.56. The van der Waals surface area contributed by atoms with Crippen molar-refractivity contribution in [2.24, 2.45) is 0 Å². The summed E-state index contributed by atoms with van der Waals surface area (Å²) in [6.07, 6.45) is 0. The fourth-order valence-electron chi connectivity index (χ4n) is 3.31. The minimum Gasteiger partial charge on any atom is -0.326 e. The van der Waals surface area contributed by atoms with E-state index in [-0.39, 0.29) is 17.3 Å². The third-order valence-electron chi connectivity index (χ3n) is 4.77. The number of fused-ring (bicyclic) bond motifs is 1. The first-order valence-corrected chi connectivity index (χ1v) is 10.7. The van der Waals surface area contributed by atoms with Crippen LogP contribution in [-0.2, 0) is 11.3 Å². The molecule has 0 aliphatic rings. The van der Waals surface area contributed by atoms with Gasteiger partial charge >= 0.3 is 0 Å². The second-order valence-corrected chi connectivity index (χ2v) is 8.44. The van der Waals surface area contributed by atoms with Crippen molar-refractivity contribution in [1.29, 1.82) is 0 Å². The van der Waals surface area contributed by atoms with Crippen molar-refractivity contribution < 1.29 is 9.59 Å². The lowest BCUT2D eigenvalue weighted by Gasteiger charge is -2.10. The molecule has 1 amide bonds. The zero-order valence-corrected chi connectivity index (χ0v) is 18.9. The molecule has 0 atom stereocenters. The Morgan fingerprint density at radius 1 is 0.839 bits per heavy atom. The van der Waals surface area contributed by atoms with Crippen LogP contribution >= 0.6 is 46.4 Å². The van der Waals surface area contributed by atoms with E-state index in [0.717, 1.165) is 5.56 Å². The SMILES string of the molecule is O=C(Nc1ccccc1)C(=O)c1c(Cl)n(Cc2ccc(Cl)cc2Cl)c2ccc(Cl)cc12. The molecule has 1 heterocycles. The highest BCUT2D eigenvalue weighted by atomic mass is 35.5. The Hall–Kier alpha value is -2.50. The highest BCUT2D eigenvalue weighted by Crippen LogP contribution is 2.34. The van der Waals surface area contributed by atoms with Gasteiger partial charge in [-0.2, -0.15) is 0 Å². The number of para-hydroxylation sites is 1. The van der Waals surface area contributed by atoms with Gasteiger partial charge in [0.05, 0.1) is 17.6 Å². The van der Waals surface area contributed by atoms with Crippen molar-refractivity contribution in [3.05, 3.63) is 98.1 Å². The van der Waals surface area contributed by atoms with Crippen molar-refractivity contribution in [2.45, 2.75) is 6.54 Å². The van der Waals surface area contributed by atoms with Crippen molar-refractivity contribution >= 4 is 74.7 Å². The third kappa shape index (κ3) is 4.43. The Balaban J connectivity index is 1.78. The number of aromatic nitrogens is 1. The maximum Gasteiger partial charge on any atom is 0.296 e. The number of rotatable bonds is 5. The van der Waals surface area contributed by atoms with E-state index in [0.29, 0.717) is 31.7 Å². The van der Waals surface area contributed by atoms with Crippen LogP contribution in [0, 0.1) is 0 Å². The molecule has 0 spiro atoms. The predicted octanol–water partition coefficient (Wildman–Crippen LogP) is 7.12. The second-order valence-electron chi connectivity index (χ2n) is 6.80. The third-order valence-corrected chi connectivity index (χ3v) is 5.99. The molecule has 0 saturated heterocycles. The molecule has 0 bridgehead atoms. The molecule has 0 saturated carbocycles. The van der Waals surface area contributed by atoms with E-state index in [2.05, 4.69) is 5.32 Å². The van der Waals surface area contributed by atoms with Crippen LogP contribution in [0.4, 0.5) is 5.69 Å². The quantitative estimate of drug-likeness (QED) is 0.238. The zero-order chi connectivity index (χ0) is 22.1. The van der Waals surface area contributed by atoms with Crippen LogP contribution in [0.5, 0.6) is 0 Å². The topological polar surface area (TPSA) is 51.1 Å². The number of Topliss-reactive ketones (excluding diaryl/α,β-unsaturated/α-hetero) is 1. The highest BCUT2D eigenvalue weighted by molar-refractivity contribution is 6.52. The number of anilines is 1. The summed E-state index contributed by atoms with van der Waals surface area (Å²) >= 11 is 25.1. The fraction of sp³-hybridized carbons (Fsp3) is 0.0435. The standard InChI is InChI=1S/C23H14Cl4N2O2/c24-14-8-9-19-17(10-14)20(21(30)23(31)28-16-4-2-1-3-5-16)22(27)29(19)12-13-6-7-15(25)11-18(13)26/h1-11H,12H2,(H,28,31). The van der Waals surface area contributed by atoms with E-state index in [4.69, 9.17) is 46.4 Å². The number of hydrogen-bond donors (Lipinski definition) is 1. The molecule has 0 aliphatic carbocycles. The maximum atomic E-state index is 13.1. The van der Waals surface area contributed by atoms with Crippen LogP contribution in [0.2, 0.25) is 20.2 Å². The second kappa shape index (κ2) is 8.93. The molecule has 0 fully saturated rings. The first kappa shape index (κ1) is 21.7. The largest absolute Gasteiger partial charge is 0.326 e. The monoisotopic (exact) mass is 490 g/mol. The van der Waals surface area contributed by atoms with Gasteiger partial charge in [-0.1, -0.05) is 70.7 Å². The molecule has 1 aromatic heterocycles. The Labute approximate surface area is 198 Å². The summed E-state index contributed by atoms with van der Waals surface area (Å²) < 4.78 is 1.71.